The average Bonchev–Trinajstić information content (AvgIpc) is 3.23. The van der Waals surface area contributed by atoms with Gasteiger partial charge in [0.2, 0.25) is 0 Å². The van der Waals surface area contributed by atoms with E-state index in [2.05, 4.69) is 37.9 Å². The van der Waals surface area contributed by atoms with Gasteiger partial charge in [-0.15, -0.1) is 11.3 Å². The fraction of sp³-hybridized carbons (Fsp3) is 0.478. The second-order valence-electron chi connectivity index (χ2n) is 8.93. The van der Waals surface area contributed by atoms with E-state index in [-0.39, 0.29) is 24.1 Å². The number of aryl methyl sites for hydroxylation is 3. The maximum atomic E-state index is 12.9. The molecule has 0 radical (unpaired) electrons. The van der Waals surface area contributed by atoms with Gasteiger partial charge in [0.05, 0.1) is 18.3 Å². The largest absolute Gasteiger partial charge is 0.491 e. The molecule has 0 spiro atoms. The van der Waals surface area contributed by atoms with Crippen LogP contribution in [0.25, 0.3) is 10.2 Å². The van der Waals surface area contributed by atoms with Crippen LogP contribution in [0.4, 0.5) is 0 Å². The standard InChI is InChI=1S/C23H28N2O3S/c1-14-10-15(23(2,3)4)8-9-18(14)28-12-16(26)11-25-13-24-21-20(22(25)27)17-6-5-7-19(17)29-21/h8-10,13,16,26H,5-7,11-12H2,1-4H3. The van der Waals surface area contributed by atoms with Crippen LogP contribution in [-0.2, 0) is 24.8 Å². The molecule has 154 valence electrons. The first-order chi connectivity index (χ1) is 13.7. The zero-order chi connectivity index (χ0) is 20.8. The van der Waals surface area contributed by atoms with Crippen molar-refractivity contribution in [2.45, 2.75) is 65.0 Å². The zero-order valence-electron chi connectivity index (χ0n) is 17.5. The van der Waals surface area contributed by atoms with Crippen LogP contribution in [0.3, 0.4) is 0 Å². The maximum Gasteiger partial charge on any atom is 0.262 e. The number of aromatic nitrogens is 2. The lowest BCUT2D eigenvalue weighted by molar-refractivity contribution is 0.0911. The molecule has 0 aliphatic heterocycles. The summed E-state index contributed by atoms with van der Waals surface area (Å²) in [5.74, 6) is 0.758. The molecule has 0 saturated carbocycles. The van der Waals surface area contributed by atoms with Crippen molar-refractivity contribution in [3.05, 3.63) is 56.4 Å². The minimum absolute atomic E-state index is 0.0563. The van der Waals surface area contributed by atoms with E-state index in [0.29, 0.717) is 0 Å². The van der Waals surface area contributed by atoms with Gasteiger partial charge in [-0.3, -0.25) is 9.36 Å². The van der Waals surface area contributed by atoms with Crippen LogP contribution in [-0.4, -0.2) is 27.4 Å². The number of nitrogens with zero attached hydrogens (tertiary/aromatic N) is 2. The van der Waals surface area contributed by atoms with Crippen LogP contribution in [0.5, 0.6) is 5.75 Å². The third kappa shape index (κ3) is 3.96. The average molecular weight is 413 g/mol. The third-order valence-corrected chi connectivity index (χ3v) is 6.77. The molecule has 4 rings (SSSR count). The molecule has 1 atom stereocenters. The predicted molar refractivity (Wildman–Crippen MR) is 117 cm³/mol. The maximum absolute atomic E-state index is 12.9. The number of aliphatic hydroxyl groups excluding tert-OH is 1. The number of rotatable bonds is 5. The minimum Gasteiger partial charge on any atom is -0.491 e. The second kappa shape index (κ2) is 7.58. The number of fused-ring (bicyclic) bond motifs is 3. The highest BCUT2D eigenvalue weighted by Gasteiger charge is 2.22. The van der Waals surface area contributed by atoms with Gasteiger partial charge in [-0.1, -0.05) is 32.9 Å². The van der Waals surface area contributed by atoms with Crippen LogP contribution < -0.4 is 10.3 Å². The Morgan fingerprint density at radius 1 is 1.31 bits per heavy atom. The Labute approximate surface area is 175 Å². The summed E-state index contributed by atoms with van der Waals surface area (Å²) in [6, 6.07) is 6.15. The van der Waals surface area contributed by atoms with Crippen LogP contribution in [0.15, 0.2) is 29.3 Å². The van der Waals surface area contributed by atoms with Crippen molar-refractivity contribution in [2.75, 3.05) is 6.61 Å². The molecule has 0 saturated heterocycles. The molecule has 1 aliphatic carbocycles. The van der Waals surface area contributed by atoms with Gasteiger partial charge < -0.3 is 9.84 Å². The fourth-order valence-corrected chi connectivity index (χ4v) is 5.11. The Morgan fingerprint density at radius 2 is 2.10 bits per heavy atom. The highest BCUT2D eigenvalue weighted by molar-refractivity contribution is 7.18. The summed E-state index contributed by atoms with van der Waals surface area (Å²) in [6.45, 7) is 8.84. The van der Waals surface area contributed by atoms with Crippen molar-refractivity contribution in [1.82, 2.24) is 9.55 Å². The number of ether oxygens (including phenoxy) is 1. The Balaban J connectivity index is 1.46. The quantitative estimate of drug-likeness (QED) is 0.688. The monoisotopic (exact) mass is 412 g/mol. The molecular weight excluding hydrogens is 384 g/mol. The number of hydrogen-bond acceptors (Lipinski definition) is 5. The summed E-state index contributed by atoms with van der Waals surface area (Å²) in [4.78, 5) is 19.5. The van der Waals surface area contributed by atoms with Gasteiger partial charge in [0.15, 0.2) is 0 Å². The molecule has 0 fully saturated rings. The molecule has 2 heterocycles. The number of benzene rings is 1. The van der Waals surface area contributed by atoms with E-state index in [9.17, 15) is 9.90 Å². The topological polar surface area (TPSA) is 64.3 Å². The Kier molecular flexibility index (Phi) is 5.25. The molecule has 6 heteroatoms. The van der Waals surface area contributed by atoms with Gasteiger partial charge in [-0.05, 0) is 54.4 Å². The van der Waals surface area contributed by atoms with E-state index < -0.39 is 6.10 Å². The van der Waals surface area contributed by atoms with Crippen LogP contribution in [0.2, 0.25) is 0 Å². The number of hydrogen-bond donors (Lipinski definition) is 1. The first-order valence-electron chi connectivity index (χ1n) is 10.2. The Bertz CT molecular complexity index is 1110. The molecule has 0 amide bonds. The third-order valence-electron chi connectivity index (χ3n) is 5.57. The lowest BCUT2D eigenvalue weighted by atomic mass is 9.86. The van der Waals surface area contributed by atoms with Gasteiger partial charge in [0.1, 0.15) is 23.3 Å². The molecular formula is C23H28N2O3S. The normalized spacial score (nSPS) is 14.9. The number of aliphatic hydroxyl groups is 1. The molecule has 1 aliphatic rings. The van der Waals surface area contributed by atoms with Gasteiger partial charge in [0, 0.05) is 4.88 Å². The molecule has 1 unspecified atom stereocenters. The van der Waals surface area contributed by atoms with Crippen molar-refractivity contribution >= 4 is 21.6 Å². The summed E-state index contributed by atoms with van der Waals surface area (Å²) < 4.78 is 7.35. The van der Waals surface area contributed by atoms with Crippen LogP contribution in [0.1, 0.15) is 48.8 Å². The summed E-state index contributed by atoms with van der Waals surface area (Å²) in [6.07, 6.45) is 3.85. The molecule has 5 nitrogen and oxygen atoms in total. The van der Waals surface area contributed by atoms with E-state index in [1.54, 1.807) is 17.7 Å². The smallest absolute Gasteiger partial charge is 0.262 e. The molecule has 0 bridgehead atoms. The van der Waals surface area contributed by atoms with E-state index >= 15 is 0 Å². The van der Waals surface area contributed by atoms with Crippen molar-refractivity contribution < 1.29 is 9.84 Å². The fourth-order valence-electron chi connectivity index (χ4n) is 3.89. The van der Waals surface area contributed by atoms with Crippen molar-refractivity contribution in [3.8, 4) is 5.75 Å². The lowest BCUT2D eigenvalue weighted by Crippen LogP contribution is -2.30. The number of thiophene rings is 1. The Hall–Kier alpha value is -2.18. The summed E-state index contributed by atoms with van der Waals surface area (Å²) in [7, 11) is 0. The minimum atomic E-state index is -0.791. The van der Waals surface area contributed by atoms with E-state index in [1.807, 2.05) is 13.0 Å². The first kappa shape index (κ1) is 20.1. The van der Waals surface area contributed by atoms with Gasteiger partial charge in [-0.25, -0.2) is 4.98 Å². The predicted octanol–water partition coefficient (Wildman–Crippen LogP) is 3.99. The van der Waals surface area contributed by atoms with Crippen LogP contribution in [0, 0.1) is 6.92 Å². The second-order valence-corrected chi connectivity index (χ2v) is 10.0. The molecule has 29 heavy (non-hydrogen) atoms. The SMILES string of the molecule is Cc1cc(C(C)(C)C)ccc1OCC(O)Cn1cnc2sc3c(c2c1=O)CCC3. The first-order valence-corrected chi connectivity index (χ1v) is 11.0. The molecule has 2 aromatic heterocycles. The van der Waals surface area contributed by atoms with Gasteiger partial charge in [0.25, 0.3) is 5.56 Å². The molecule has 3 aromatic rings. The van der Waals surface area contributed by atoms with Crippen molar-refractivity contribution in [2.24, 2.45) is 0 Å². The molecule has 1 aromatic carbocycles. The van der Waals surface area contributed by atoms with Crippen LogP contribution >= 0.6 is 11.3 Å². The van der Waals surface area contributed by atoms with E-state index in [1.165, 1.54) is 15.0 Å². The molecule has 1 N–H and O–H groups in total. The Morgan fingerprint density at radius 3 is 2.83 bits per heavy atom. The zero-order valence-corrected chi connectivity index (χ0v) is 18.3. The highest BCUT2D eigenvalue weighted by atomic mass is 32.1. The van der Waals surface area contributed by atoms with E-state index in [0.717, 1.165) is 46.4 Å². The van der Waals surface area contributed by atoms with Gasteiger partial charge >= 0.3 is 0 Å². The highest BCUT2D eigenvalue weighted by Crippen LogP contribution is 2.34. The summed E-state index contributed by atoms with van der Waals surface area (Å²) in [5.41, 5.74) is 3.48. The lowest BCUT2D eigenvalue weighted by Gasteiger charge is -2.21. The summed E-state index contributed by atoms with van der Waals surface area (Å²) >= 11 is 1.63. The summed E-state index contributed by atoms with van der Waals surface area (Å²) in [5, 5.41) is 11.2. The van der Waals surface area contributed by atoms with Crippen molar-refractivity contribution in [1.29, 1.82) is 0 Å². The van der Waals surface area contributed by atoms with E-state index in [4.69, 9.17) is 4.74 Å². The van der Waals surface area contributed by atoms with Crippen molar-refractivity contribution in [3.63, 3.8) is 0 Å². The van der Waals surface area contributed by atoms with Gasteiger partial charge in [-0.2, -0.15) is 0 Å².